The number of hydrogen-bond acceptors (Lipinski definition) is 1. The standard InChI is InChI=1S/C13H12F2O2/c1-8-5-6-10-9(7-8)3-2-4-11(10)13(14,15)12(16)17/h4-7H,2-3H2,1H3,(H,16,17). The highest BCUT2D eigenvalue weighted by molar-refractivity contribution is 5.94. The number of allylic oxidation sites excluding steroid dienone is 1. The lowest BCUT2D eigenvalue weighted by Crippen LogP contribution is -2.31. The molecule has 2 rings (SSSR count). The van der Waals surface area contributed by atoms with E-state index in [4.69, 9.17) is 5.11 Å². The van der Waals surface area contributed by atoms with Crippen molar-refractivity contribution in [3.63, 3.8) is 0 Å². The van der Waals surface area contributed by atoms with Crippen LogP contribution >= 0.6 is 0 Å². The van der Waals surface area contributed by atoms with Crippen LogP contribution in [0, 0.1) is 6.92 Å². The Labute approximate surface area is 97.6 Å². The van der Waals surface area contributed by atoms with Gasteiger partial charge in [-0.05, 0) is 30.9 Å². The molecule has 0 unspecified atom stereocenters. The van der Waals surface area contributed by atoms with Gasteiger partial charge in [0, 0.05) is 5.57 Å². The number of halogens is 2. The molecule has 0 bridgehead atoms. The van der Waals surface area contributed by atoms with Crippen molar-refractivity contribution in [1.29, 1.82) is 0 Å². The fourth-order valence-electron chi connectivity index (χ4n) is 2.09. The number of aryl methyl sites for hydroxylation is 2. The lowest BCUT2D eigenvalue weighted by Gasteiger charge is -2.22. The summed E-state index contributed by atoms with van der Waals surface area (Å²) in [5.41, 5.74) is 1.76. The Morgan fingerprint density at radius 1 is 1.41 bits per heavy atom. The number of carboxylic acids is 1. The second kappa shape index (κ2) is 3.95. The van der Waals surface area contributed by atoms with E-state index < -0.39 is 11.9 Å². The van der Waals surface area contributed by atoms with Crippen LogP contribution in [0.5, 0.6) is 0 Å². The molecule has 0 fully saturated rings. The van der Waals surface area contributed by atoms with Crippen LogP contribution in [0.25, 0.3) is 5.57 Å². The summed E-state index contributed by atoms with van der Waals surface area (Å²) in [5, 5.41) is 8.58. The van der Waals surface area contributed by atoms with Gasteiger partial charge in [0.05, 0.1) is 0 Å². The first kappa shape index (κ1) is 11.8. The number of fused-ring (bicyclic) bond motifs is 1. The van der Waals surface area contributed by atoms with Gasteiger partial charge in [0.15, 0.2) is 0 Å². The molecule has 0 aliphatic heterocycles. The first-order chi connectivity index (χ1) is 7.93. The number of carbonyl (C=O) groups is 1. The number of carboxylic acid groups (broad SMARTS) is 1. The van der Waals surface area contributed by atoms with Crippen LogP contribution in [0.3, 0.4) is 0 Å². The quantitative estimate of drug-likeness (QED) is 0.859. The van der Waals surface area contributed by atoms with Crippen molar-refractivity contribution in [2.24, 2.45) is 0 Å². The fraction of sp³-hybridized carbons (Fsp3) is 0.308. The molecule has 0 aromatic heterocycles. The molecule has 0 saturated carbocycles. The molecular formula is C13H12F2O2. The van der Waals surface area contributed by atoms with Gasteiger partial charge in [-0.15, -0.1) is 0 Å². The van der Waals surface area contributed by atoms with Gasteiger partial charge in [-0.1, -0.05) is 29.8 Å². The predicted octanol–water partition coefficient (Wildman–Crippen LogP) is 3.04. The zero-order valence-corrected chi connectivity index (χ0v) is 9.34. The van der Waals surface area contributed by atoms with E-state index in [2.05, 4.69) is 0 Å². The van der Waals surface area contributed by atoms with Gasteiger partial charge in [-0.25, -0.2) is 4.79 Å². The molecule has 1 aliphatic rings. The summed E-state index contributed by atoms with van der Waals surface area (Å²) in [6.07, 6.45) is 2.46. The molecule has 1 aliphatic carbocycles. The van der Waals surface area contributed by atoms with Gasteiger partial charge in [0.2, 0.25) is 0 Å². The summed E-state index contributed by atoms with van der Waals surface area (Å²) in [6.45, 7) is 1.88. The van der Waals surface area contributed by atoms with Crippen LogP contribution in [0.4, 0.5) is 8.78 Å². The van der Waals surface area contributed by atoms with Crippen molar-refractivity contribution in [1.82, 2.24) is 0 Å². The summed E-state index contributed by atoms with van der Waals surface area (Å²) >= 11 is 0. The highest BCUT2D eigenvalue weighted by Gasteiger charge is 2.44. The van der Waals surface area contributed by atoms with Crippen molar-refractivity contribution in [2.75, 3.05) is 0 Å². The zero-order valence-electron chi connectivity index (χ0n) is 9.34. The molecule has 0 saturated heterocycles. The monoisotopic (exact) mass is 238 g/mol. The Kier molecular flexibility index (Phi) is 2.73. The third kappa shape index (κ3) is 1.95. The van der Waals surface area contributed by atoms with Crippen molar-refractivity contribution in [3.8, 4) is 0 Å². The third-order valence-corrected chi connectivity index (χ3v) is 2.92. The van der Waals surface area contributed by atoms with Crippen molar-refractivity contribution < 1.29 is 18.7 Å². The molecular weight excluding hydrogens is 226 g/mol. The first-order valence-corrected chi connectivity index (χ1v) is 5.34. The fourth-order valence-corrected chi connectivity index (χ4v) is 2.09. The van der Waals surface area contributed by atoms with E-state index in [0.717, 1.165) is 11.1 Å². The van der Waals surface area contributed by atoms with Crippen LogP contribution in [-0.2, 0) is 11.2 Å². The Morgan fingerprint density at radius 2 is 2.12 bits per heavy atom. The average Bonchev–Trinajstić information content (AvgIpc) is 2.27. The maximum absolute atomic E-state index is 13.5. The van der Waals surface area contributed by atoms with Gasteiger partial charge >= 0.3 is 11.9 Å². The lowest BCUT2D eigenvalue weighted by molar-refractivity contribution is -0.156. The maximum atomic E-state index is 13.5. The van der Waals surface area contributed by atoms with E-state index in [1.165, 1.54) is 6.08 Å². The molecule has 90 valence electrons. The maximum Gasteiger partial charge on any atom is 0.379 e. The predicted molar refractivity (Wildman–Crippen MR) is 60.1 cm³/mol. The van der Waals surface area contributed by atoms with E-state index >= 15 is 0 Å². The van der Waals surface area contributed by atoms with Crippen LogP contribution in [0.2, 0.25) is 0 Å². The first-order valence-electron chi connectivity index (χ1n) is 5.34. The van der Waals surface area contributed by atoms with Gasteiger partial charge in [0.25, 0.3) is 0 Å². The van der Waals surface area contributed by atoms with E-state index in [9.17, 15) is 13.6 Å². The molecule has 0 heterocycles. The number of alkyl halides is 2. The van der Waals surface area contributed by atoms with Crippen LogP contribution in [0.1, 0.15) is 23.1 Å². The van der Waals surface area contributed by atoms with Gasteiger partial charge in [-0.2, -0.15) is 8.78 Å². The minimum Gasteiger partial charge on any atom is -0.477 e. The van der Waals surface area contributed by atoms with Gasteiger partial charge < -0.3 is 5.11 Å². The zero-order chi connectivity index (χ0) is 12.6. The SMILES string of the molecule is Cc1ccc2c(c1)CCC=C2C(F)(F)C(=O)O. The molecule has 0 atom stereocenters. The van der Waals surface area contributed by atoms with Crippen LogP contribution < -0.4 is 0 Å². The molecule has 1 aromatic rings. The molecule has 4 heteroatoms. The Balaban J connectivity index is 2.53. The number of hydrogen-bond donors (Lipinski definition) is 1. The number of benzene rings is 1. The van der Waals surface area contributed by atoms with E-state index in [1.807, 2.05) is 13.0 Å². The molecule has 17 heavy (non-hydrogen) atoms. The third-order valence-electron chi connectivity index (χ3n) is 2.92. The highest BCUT2D eigenvalue weighted by Crippen LogP contribution is 2.38. The molecule has 1 N–H and O–H groups in total. The lowest BCUT2D eigenvalue weighted by atomic mass is 9.86. The minimum atomic E-state index is -3.82. The summed E-state index contributed by atoms with van der Waals surface area (Å²) in [4.78, 5) is 10.6. The highest BCUT2D eigenvalue weighted by atomic mass is 19.3. The molecule has 0 radical (unpaired) electrons. The molecule has 0 spiro atoms. The summed E-state index contributed by atoms with van der Waals surface area (Å²) in [6, 6.07) is 5.13. The van der Waals surface area contributed by atoms with Crippen molar-refractivity contribution in [3.05, 3.63) is 41.0 Å². The Morgan fingerprint density at radius 3 is 2.76 bits per heavy atom. The van der Waals surface area contributed by atoms with Crippen molar-refractivity contribution in [2.45, 2.75) is 25.7 Å². The number of rotatable bonds is 2. The average molecular weight is 238 g/mol. The molecule has 0 amide bonds. The molecule has 2 nitrogen and oxygen atoms in total. The summed E-state index contributed by atoms with van der Waals surface area (Å²) in [7, 11) is 0. The topological polar surface area (TPSA) is 37.3 Å². The normalized spacial score (nSPS) is 15.1. The molecule has 1 aromatic carbocycles. The van der Waals surface area contributed by atoms with Crippen LogP contribution in [-0.4, -0.2) is 17.0 Å². The Hall–Kier alpha value is -1.71. The van der Waals surface area contributed by atoms with E-state index in [-0.39, 0.29) is 5.57 Å². The minimum absolute atomic E-state index is 0.356. The van der Waals surface area contributed by atoms with Gasteiger partial charge in [0.1, 0.15) is 0 Å². The largest absolute Gasteiger partial charge is 0.477 e. The van der Waals surface area contributed by atoms with Crippen molar-refractivity contribution >= 4 is 11.5 Å². The second-order valence-corrected chi connectivity index (χ2v) is 4.20. The van der Waals surface area contributed by atoms with Gasteiger partial charge in [-0.3, -0.25) is 0 Å². The number of aliphatic carboxylic acids is 1. The van der Waals surface area contributed by atoms with E-state index in [1.54, 1.807) is 12.1 Å². The van der Waals surface area contributed by atoms with Crippen LogP contribution in [0.15, 0.2) is 24.3 Å². The summed E-state index contributed by atoms with van der Waals surface area (Å²) in [5.74, 6) is -5.91. The Bertz CT molecular complexity index is 504. The smallest absolute Gasteiger partial charge is 0.379 e. The summed E-state index contributed by atoms with van der Waals surface area (Å²) < 4.78 is 27.1. The second-order valence-electron chi connectivity index (χ2n) is 4.20. The van der Waals surface area contributed by atoms with E-state index in [0.29, 0.717) is 18.4 Å².